The van der Waals surface area contributed by atoms with Crippen molar-refractivity contribution in [3.05, 3.63) is 24.8 Å². The lowest BCUT2D eigenvalue weighted by Crippen LogP contribution is -2.43. The summed E-state index contributed by atoms with van der Waals surface area (Å²) >= 11 is 0. The quantitative estimate of drug-likeness (QED) is 0.230. The Morgan fingerprint density at radius 3 is 2.80 bits per heavy atom. The standard InChI is InChI=1S/C15H19N2O7P/c1-2-10(18)16-6-7-17-13(19)11-9-3-4-15(24-9,12(11)14(17)20)5-8-25(21,22)23/h2-4,9,11-12H,1,5-8H2,(H,16,18)(H2,21,22,23). The summed E-state index contributed by atoms with van der Waals surface area (Å²) < 4.78 is 17.0. The number of rotatable bonds is 7. The SMILES string of the molecule is C=CC(=O)NCCN1C(=O)C2C3C=CC(CCP(=O)(O)O)(O3)C2C1=O. The van der Waals surface area contributed by atoms with Crippen molar-refractivity contribution in [3.8, 4) is 0 Å². The molecule has 0 aliphatic carbocycles. The monoisotopic (exact) mass is 370 g/mol. The molecule has 4 unspecified atom stereocenters. The molecule has 3 aliphatic rings. The minimum Gasteiger partial charge on any atom is -0.362 e. The van der Waals surface area contributed by atoms with Crippen LogP contribution in [0.1, 0.15) is 6.42 Å². The molecule has 3 rings (SSSR count). The largest absolute Gasteiger partial charge is 0.362 e. The Balaban J connectivity index is 1.74. The molecule has 0 aromatic heterocycles. The Labute approximate surface area is 143 Å². The first kappa shape index (κ1) is 18.0. The normalized spacial score (nSPS) is 33.0. The fourth-order valence-corrected chi connectivity index (χ4v) is 4.40. The molecule has 136 valence electrons. The summed E-state index contributed by atoms with van der Waals surface area (Å²) in [5.41, 5.74) is -1.15. The Bertz CT molecular complexity index is 715. The zero-order valence-electron chi connectivity index (χ0n) is 13.3. The van der Waals surface area contributed by atoms with Gasteiger partial charge in [0.05, 0.1) is 24.1 Å². The van der Waals surface area contributed by atoms with Gasteiger partial charge in [-0.05, 0) is 12.5 Å². The molecule has 2 fully saturated rings. The summed E-state index contributed by atoms with van der Waals surface area (Å²) in [5.74, 6) is -2.67. The molecule has 4 atom stereocenters. The number of hydrogen-bond acceptors (Lipinski definition) is 5. The van der Waals surface area contributed by atoms with Crippen LogP contribution in [0.4, 0.5) is 0 Å². The van der Waals surface area contributed by atoms with Crippen LogP contribution in [0.15, 0.2) is 24.8 Å². The van der Waals surface area contributed by atoms with Crippen LogP contribution in [0.25, 0.3) is 0 Å². The third-order valence-electron chi connectivity index (χ3n) is 4.86. The molecule has 0 radical (unpaired) electrons. The summed E-state index contributed by atoms with van der Waals surface area (Å²) in [6.45, 7) is 3.46. The van der Waals surface area contributed by atoms with Crippen LogP contribution in [0.5, 0.6) is 0 Å². The van der Waals surface area contributed by atoms with E-state index in [1.807, 2.05) is 0 Å². The number of imide groups is 1. The summed E-state index contributed by atoms with van der Waals surface area (Å²) in [4.78, 5) is 55.8. The molecule has 3 heterocycles. The summed E-state index contributed by atoms with van der Waals surface area (Å²) in [5, 5.41) is 2.51. The van der Waals surface area contributed by atoms with Gasteiger partial charge >= 0.3 is 7.60 Å². The maximum absolute atomic E-state index is 12.7. The van der Waals surface area contributed by atoms with Crippen LogP contribution in [0.2, 0.25) is 0 Å². The highest BCUT2D eigenvalue weighted by molar-refractivity contribution is 7.51. The van der Waals surface area contributed by atoms with Crippen LogP contribution in [0, 0.1) is 11.8 Å². The second-order valence-electron chi connectivity index (χ2n) is 6.36. The lowest BCUT2D eigenvalue weighted by Gasteiger charge is -2.29. The summed E-state index contributed by atoms with van der Waals surface area (Å²) in [7, 11) is -4.25. The van der Waals surface area contributed by atoms with Crippen LogP contribution in [-0.4, -0.2) is 63.4 Å². The number of amides is 3. The van der Waals surface area contributed by atoms with Gasteiger partial charge in [-0.3, -0.25) is 23.8 Å². The maximum atomic E-state index is 12.7. The number of nitrogens with zero attached hydrogens (tertiary/aromatic N) is 1. The van der Waals surface area contributed by atoms with Gasteiger partial charge in [-0.25, -0.2) is 0 Å². The number of carbonyl (C=O) groups excluding carboxylic acids is 3. The highest BCUT2D eigenvalue weighted by atomic mass is 31.2. The third-order valence-corrected chi connectivity index (χ3v) is 5.67. The van der Waals surface area contributed by atoms with E-state index < -0.39 is 49.1 Å². The number of fused-ring (bicyclic) bond motifs is 5. The van der Waals surface area contributed by atoms with Gasteiger partial charge in [-0.15, -0.1) is 0 Å². The van der Waals surface area contributed by atoms with E-state index in [0.29, 0.717) is 0 Å². The Hall–Kier alpha value is -1.80. The number of carbonyl (C=O) groups is 3. The highest BCUT2D eigenvalue weighted by Crippen LogP contribution is 2.54. The molecule has 3 N–H and O–H groups in total. The van der Waals surface area contributed by atoms with Crippen molar-refractivity contribution in [2.24, 2.45) is 11.8 Å². The fraction of sp³-hybridized carbons (Fsp3) is 0.533. The first-order chi connectivity index (χ1) is 11.7. The van der Waals surface area contributed by atoms with Gasteiger partial charge < -0.3 is 19.8 Å². The molecule has 0 saturated carbocycles. The van der Waals surface area contributed by atoms with Crippen LogP contribution in [-0.2, 0) is 23.7 Å². The average molecular weight is 370 g/mol. The third kappa shape index (κ3) is 3.08. The van der Waals surface area contributed by atoms with Gasteiger partial charge in [0, 0.05) is 13.1 Å². The summed E-state index contributed by atoms with van der Waals surface area (Å²) in [6.07, 6.45) is 3.39. The summed E-state index contributed by atoms with van der Waals surface area (Å²) in [6, 6.07) is 0. The molecular formula is C15H19N2O7P. The number of likely N-dealkylation sites (tertiary alicyclic amines) is 1. The van der Waals surface area contributed by atoms with Crippen molar-refractivity contribution < 1.29 is 33.5 Å². The van der Waals surface area contributed by atoms with Crippen molar-refractivity contribution in [3.63, 3.8) is 0 Å². The van der Waals surface area contributed by atoms with E-state index in [2.05, 4.69) is 11.9 Å². The Morgan fingerprint density at radius 1 is 1.44 bits per heavy atom. The number of nitrogens with one attached hydrogen (secondary N) is 1. The lowest BCUT2D eigenvalue weighted by molar-refractivity contribution is -0.144. The Kier molecular flexibility index (Phi) is 4.45. The first-order valence-electron chi connectivity index (χ1n) is 7.86. The van der Waals surface area contributed by atoms with E-state index in [9.17, 15) is 18.9 Å². The second-order valence-corrected chi connectivity index (χ2v) is 8.14. The van der Waals surface area contributed by atoms with E-state index in [0.717, 1.165) is 11.0 Å². The van der Waals surface area contributed by atoms with Gasteiger partial charge in [0.2, 0.25) is 17.7 Å². The van der Waals surface area contributed by atoms with Crippen molar-refractivity contribution >= 4 is 25.3 Å². The van der Waals surface area contributed by atoms with Crippen LogP contribution >= 0.6 is 7.60 Å². The first-order valence-corrected chi connectivity index (χ1v) is 9.65. The Morgan fingerprint density at radius 2 is 2.16 bits per heavy atom. The number of ether oxygens (including phenoxy) is 1. The van der Waals surface area contributed by atoms with Crippen LogP contribution in [0.3, 0.4) is 0 Å². The van der Waals surface area contributed by atoms with Crippen molar-refractivity contribution in [1.82, 2.24) is 10.2 Å². The van der Waals surface area contributed by atoms with Gasteiger partial charge in [0.25, 0.3) is 0 Å². The van der Waals surface area contributed by atoms with Gasteiger partial charge in [0.15, 0.2) is 0 Å². The van der Waals surface area contributed by atoms with Gasteiger partial charge in [-0.2, -0.15) is 0 Å². The van der Waals surface area contributed by atoms with Crippen molar-refractivity contribution in [2.45, 2.75) is 18.1 Å². The fourth-order valence-electron chi connectivity index (χ4n) is 3.76. The van der Waals surface area contributed by atoms with E-state index in [1.54, 1.807) is 12.2 Å². The topological polar surface area (TPSA) is 133 Å². The zero-order valence-corrected chi connectivity index (χ0v) is 14.2. The molecule has 25 heavy (non-hydrogen) atoms. The second kappa shape index (κ2) is 6.17. The molecule has 2 bridgehead atoms. The van der Waals surface area contributed by atoms with Crippen molar-refractivity contribution in [1.29, 1.82) is 0 Å². The maximum Gasteiger partial charge on any atom is 0.325 e. The predicted molar refractivity (Wildman–Crippen MR) is 85.2 cm³/mol. The molecule has 2 saturated heterocycles. The molecule has 3 amide bonds. The minimum absolute atomic E-state index is 0.0333. The smallest absolute Gasteiger partial charge is 0.325 e. The van der Waals surface area contributed by atoms with Crippen molar-refractivity contribution in [2.75, 3.05) is 19.3 Å². The molecular weight excluding hydrogens is 351 g/mol. The van der Waals surface area contributed by atoms with Gasteiger partial charge in [-0.1, -0.05) is 18.7 Å². The molecule has 0 aromatic rings. The van der Waals surface area contributed by atoms with E-state index in [-0.39, 0.29) is 25.4 Å². The molecule has 9 nitrogen and oxygen atoms in total. The van der Waals surface area contributed by atoms with E-state index >= 15 is 0 Å². The predicted octanol–water partition coefficient (Wildman–Crippen LogP) is -0.835. The molecule has 10 heteroatoms. The van der Waals surface area contributed by atoms with E-state index in [4.69, 9.17) is 14.5 Å². The number of hydrogen-bond donors (Lipinski definition) is 3. The van der Waals surface area contributed by atoms with E-state index in [1.165, 1.54) is 0 Å². The average Bonchev–Trinajstić information content (AvgIpc) is 3.18. The molecule has 3 aliphatic heterocycles. The molecule has 0 aromatic carbocycles. The van der Waals surface area contributed by atoms with Gasteiger partial charge in [0.1, 0.15) is 5.60 Å². The molecule has 0 spiro atoms. The lowest BCUT2D eigenvalue weighted by atomic mass is 9.76. The van der Waals surface area contributed by atoms with Crippen LogP contribution < -0.4 is 5.32 Å². The minimum atomic E-state index is -4.25. The zero-order chi connectivity index (χ0) is 18.4. The highest BCUT2D eigenvalue weighted by Gasteiger charge is 2.67.